The minimum atomic E-state index is -2.63. The lowest BCUT2D eigenvalue weighted by atomic mass is 10.0. The number of carbonyl (C=O) groups excluding carboxylic acids is 1. The van der Waals surface area contributed by atoms with E-state index in [-0.39, 0.29) is 17.9 Å². The summed E-state index contributed by atoms with van der Waals surface area (Å²) >= 11 is 0. The van der Waals surface area contributed by atoms with E-state index in [0.29, 0.717) is 5.56 Å². The topological polar surface area (TPSA) is 47.6 Å². The lowest BCUT2D eigenvalue weighted by Gasteiger charge is -2.10. The van der Waals surface area contributed by atoms with E-state index in [9.17, 15) is 13.6 Å². The summed E-state index contributed by atoms with van der Waals surface area (Å²) in [7, 11) is -1.47. The van der Waals surface area contributed by atoms with Crippen LogP contribution in [0.15, 0.2) is 36.4 Å². The zero-order valence-corrected chi connectivity index (χ0v) is 11.7. The Kier molecular flexibility index (Phi) is 3.75. The van der Waals surface area contributed by atoms with Gasteiger partial charge in [-0.2, -0.15) is 0 Å². The van der Waals surface area contributed by atoms with Gasteiger partial charge in [-0.15, -0.1) is 0 Å². The molecule has 0 bridgehead atoms. The number of halogens is 2. The Bertz CT molecular complexity index is 758. The molecule has 2 aromatic rings. The number of hydrogen-bond acceptors (Lipinski definition) is 4. The number of ether oxygens (including phenoxy) is 2. The minimum Gasteiger partial charge on any atom is -0.497 e. The Labute approximate surface area is 130 Å². The van der Waals surface area contributed by atoms with Gasteiger partial charge in [0.15, 0.2) is 0 Å². The number of rotatable bonds is 5. The van der Waals surface area contributed by atoms with Crippen LogP contribution in [0.3, 0.4) is 0 Å². The van der Waals surface area contributed by atoms with Gasteiger partial charge in [-0.05, 0) is 35.4 Å². The highest BCUT2D eigenvalue weighted by atomic mass is 19.1. The van der Waals surface area contributed by atoms with E-state index in [2.05, 4.69) is 10.1 Å². The molecule has 0 aliphatic rings. The van der Waals surface area contributed by atoms with Crippen LogP contribution in [0.1, 0.15) is 4.11 Å². The Morgan fingerprint density at radius 3 is 2.59 bits per heavy atom. The molecule has 0 saturated heterocycles. The van der Waals surface area contributed by atoms with E-state index >= 15 is 0 Å². The first-order valence-corrected chi connectivity index (χ1v) is 6.29. The fraction of sp³-hybridized carbons (Fsp3) is 0.188. The molecule has 0 fully saturated rings. The Hall–Kier alpha value is -2.63. The fourth-order valence-corrected chi connectivity index (χ4v) is 1.88. The number of hydrogen-bond donors (Lipinski definition) is 1. The maximum absolute atomic E-state index is 14.1. The monoisotopic (exact) mass is 310 g/mol. The molecule has 22 heavy (non-hydrogen) atoms. The molecule has 116 valence electrons. The first-order chi connectivity index (χ1) is 11.7. The van der Waals surface area contributed by atoms with E-state index in [1.54, 1.807) is 6.07 Å². The van der Waals surface area contributed by atoms with Gasteiger partial charge in [0.2, 0.25) is 0 Å². The summed E-state index contributed by atoms with van der Waals surface area (Å²) < 4.78 is 58.7. The predicted octanol–water partition coefficient (Wildman–Crippen LogP) is 3.23. The van der Waals surface area contributed by atoms with Crippen molar-refractivity contribution in [1.29, 1.82) is 0 Å². The average Bonchev–Trinajstić information content (AvgIpc) is 2.52. The van der Waals surface area contributed by atoms with Crippen LogP contribution in [-0.4, -0.2) is 26.7 Å². The van der Waals surface area contributed by atoms with Crippen LogP contribution in [0.25, 0.3) is 11.1 Å². The molecule has 0 heterocycles. The molecule has 0 aliphatic heterocycles. The highest BCUT2D eigenvalue weighted by molar-refractivity contribution is 5.75. The van der Waals surface area contributed by atoms with E-state index in [4.69, 9.17) is 8.85 Å². The van der Waals surface area contributed by atoms with Gasteiger partial charge < -0.3 is 14.8 Å². The SMILES string of the molecule is [2H]C([2H])([2H])Oc1cccc(-c2cc(F)c(NCC(=O)OC)c(F)c2)c1. The van der Waals surface area contributed by atoms with Crippen LogP contribution < -0.4 is 10.1 Å². The van der Waals surface area contributed by atoms with Crippen molar-refractivity contribution in [2.75, 3.05) is 26.0 Å². The second-order valence-corrected chi connectivity index (χ2v) is 4.37. The molecule has 0 spiro atoms. The molecular weight excluding hydrogens is 292 g/mol. The van der Waals surface area contributed by atoms with Gasteiger partial charge in [0.05, 0.1) is 18.3 Å². The summed E-state index contributed by atoms with van der Waals surface area (Å²) in [6.45, 7) is -0.383. The van der Waals surface area contributed by atoms with E-state index < -0.39 is 30.3 Å². The third-order valence-electron chi connectivity index (χ3n) is 2.96. The van der Waals surface area contributed by atoms with Crippen LogP contribution >= 0.6 is 0 Å². The summed E-state index contributed by atoms with van der Waals surface area (Å²) in [5, 5.41) is 2.33. The van der Waals surface area contributed by atoms with Gasteiger partial charge in [-0.1, -0.05) is 12.1 Å². The van der Waals surface area contributed by atoms with Crippen LogP contribution in [0, 0.1) is 11.6 Å². The summed E-state index contributed by atoms with van der Waals surface area (Å²) in [6, 6.07) is 7.99. The molecule has 0 atom stereocenters. The molecule has 0 unspecified atom stereocenters. The van der Waals surface area contributed by atoms with Crippen molar-refractivity contribution in [3.05, 3.63) is 48.0 Å². The fourth-order valence-electron chi connectivity index (χ4n) is 1.88. The molecule has 0 amide bonds. The smallest absolute Gasteiger partial charge is 0.325 e. The van der Waals surface area contributed by atoms with Crippen LogP contribution in [0.5, 0.6) is 5.75 Å². The lowest BCUT2D eigenvalue weighted by molar-refractivity contribution is -0.138. The summed E-state index contributed by atoms with van der Waals surface area (Å²) in [4.78, 5) is 11.1. The lowest BCUT2D eigenvalue weighted by Crippen LogP contribution is -2.16. The van der Waals surface area contributed by atoms with E-state index in [1.165, 1.54) is 18.2 Å². The largest absolute Gasteiger partial charge is 0.497 e. The quantitative estimate of drug-likeness (QED) is 0.861. The maximum atomic E-state index is 14.1. The number of nitrogens with one attached hydrogen (secondary N) is 1. The number of benzene rings is 2. The Morgan fingerprint density at radius 1 is 1.23 bits per heavy atom. The number of methoxy groups -OCH3 is 2. The standard InChI is InChI=1S/C16H15F2NO3/c1-21-12-5-3-4-10(6-12)11-7-13(17)16(14(18)8-11)19-9-15(20)22-2/h3-8,19H,9H2,1-2H3/i1D3. The van der Waals surface area contributed by atoms with Gasteiger partial charge in [-0.25, -0.2) is 8.78 Å². The first kappa shape index (κ1) is 12.0. The van der Waals surface area contributed by atoms with Crippen molar-refractivity contribution in [1.82, 2.24) is 0 Å². The van der Waals surface area contributed by atoms with Gasteiger partial charge in [-0.3, -0.25) is 4.79 Å². The second kappa shape index (κ2) is 6.89. The molecule has 6 heteroatoms. The number of anilines is 1. The average molecular weight is 310 g/mol. The normalized spacial score (nSPS) is 12.8. The van der Waals surface area contributed by atoms with Crippen molar-refractivity contribution >= 4 is 11.7 Å². The van der Waals surface area contributed by atoms with Gasteiger partial charge in [0.1, 0.15) is 29.6 Å². The molecule has 0 radical (unpaired) electrons. The zero-order chi connectivity index (χ0) is 18.6. The predicted molar refractivity (Wildman–Crippen MR) is 78.9 cm³/mol. The van der Waals surface area contributed by atoms with Crippen molar-refractivity contribution in [3.63, 3.8) is 0 Å². The molecule has 1 N–H and O–H groups in total. The number of carbonyl (C=O) groups is 1. The molecule has 4 nitrogen and oxygen atoms in total. The third kappa shape index (κ3) is 3.52. The van der Waals surface area contributed by atoms with Gasteiger partial charge in [0, 0.05) is 0 Å². The Balaban J connectivity index is 2.29. The Morgan fingerprint density at radius 2 is 1.95 bits per heavy atom. The minimum absolute atomic E-state index is 0.0474. The van der Waals surface area contributed by atoms with Crippen molar-refractivity contribution < 1.29 is 27.2 Å². The molecule has 0 saturated carbocycles. The van der Waals surface area contributed by atoms with Crippen molar-refractivity contribution in [3.8, 4) is 16.9 Å². The third-order valence-corrected chi connectivity index (χ3v) is 2.96. The summed E-state index contributed by atoms with van der Waals surface area (Å²) in [5.41, 5.74) is 0.109. The van der Waals surface area contributed by atoms with Crippen LogP contribution in [0.2, 0.25) is 0 Å². The van der Waals surface area contributed by atoms with Crippen LogP contribution in [0.4, 0.5) is 14.5 Å². The van der Waals surface area contributed by atoms with E-state index in [0.717, 1.165) is 19.2 Å². The summed E-state index contributed by atoms with van der Waals surface area (Å²) in [6.07, 6.45) is 0. The molecule has 0 aromatic heterocycles. The molecule has 2 aromatic carbocycles. The molecule has 0 aliphatic carbocycles. The zero-order valence-electron chi connectivity index (χ0n) is 14.7. The van der Waals surface area contributed by atoms with Crippen LogP contribution in [-0.2, 0) is 9.53 Å². The van der Waals surface area contributed by atoms with Gasteiger partial charge in [0.25, 0.3) is 0 Å². The van der Waals surface area contributed by atoms with Gasteiger partial charge >= 0.3 is 5.97 Å². The maximum Gasteiger partial charge on any atom is 0.325 e. The van der Waals surface area contributed by atoms with Crippen molar-refractivity contribution in [2.24, 2.45) is 0 Å². The summed E-state index contributed by atoms with van der Waals surface area (Å²) in [5.74, 6) is -2.43. The highest BCUT2D eigenvalue weighted by Crippen LogP contribution is 2.29. The second-order valence-electron chi connectivity index (χ2n) is 4.37. The molecule has 2 rings (SSSR count). The van der Waals surface area contributed by atoms with E-state index in [1.807, 2.05) is 0 Å². The number of esters is 1. The first-order valence-electron chi connectivity index (χ1n) is 7.79. The molecular formula is C16H15F2NO3. The highest BCUT2D eigenvalue weighted by Gasteiger charge is 2.13. The van der Waals surface area contributed by atoms with Crippen molar-refractivity contribution in [2.45, 2.75) is 0 Å².